The van der Waals surface area contributed by atoms with Gasteiger partial charge in [0.15, 0.2) is 0 Å². The Kier molecular flexibility index (Phi) is 16.8. The topological polar surface area (TPSA) is 135 Å². The number of rotatable bonds is 2. The van der Waals surface area contributed by atoms with E-state index in [0.29, 0.717) is 168 Å². The summed E-state index contributed by atoms with van der Waals surface area (Å²) in [6.07, 6.45) is 4.35. The lowest BCUT2D eigenvalue weighted by molar-refractivity contribution is 0.0744. The number of hydrogen-bond donors (Lipinski definition) is 0. The summed E-state index contributed by atoms with van der Waals surface area (Å²) < 4.78 is 78.9. The van der Waals surface area contributed by atoms with Crippen LogP contribution in [0.4, 0.5) is 11.4 Å². The zero-order valence-electron chi connectivity index (χ0n) is 48.5. The molecule has 0 aromatic heterocycles. The predicted octanol–water partition coefficient (Wildman–Crippen LogP) is 12.6. The number of para-hydroxylation sites is 6. The minimum atomic E-state index is 0.347. The number of nitrogens with zero attached hydrogens (tertiary/aromatic N) is 2. The molecule has 2 aliphatic carbocycles. The Balaban J connectivity index is 0.935. The van der Waals surface area contributed by atoms with E-state index in [1.54, 1.807) is 0 Å². The van der Waals surface area contributed by atoms with Gasteiger partial charge in [0, 0.05) is 73.6 Å². The molecule has 440 valence electrons. The van der Waals surface area contributed by atoms with Gasteiger partial charge in [-0.05, 0) is 91.0 Å². The second-order valence-corrected chi connectivity index (χ2v) is 22.5. The van der Waals surface area contributed by atoms with E-state index in [1.165, 1.54) is 0 Å². The summed E-state index contributed by atoms with van der Waals surface area (Å²) in [5.41, 5.74) is 17.7. The molecular weight excluding hydrogens is 1080 g/mol. The molecule has 0 amide bonds. The summed E-state index contributed by atoms with van der Waals surface area (Å²) in [5.74, 6) is 6.57. The van der Waals surface area contributed by atoms with E-state index in [9.17, 15) is 0 Å². The van der Waals surface area contributed by atoms with Gasteiger partial charge in [-0.25, -0.2) is 0 Å². The molecule has 14 nitrogen and oxygen atoms in total. The van der Waals surface area contributed by atoms with Crippen LogP contribution < -0.4 is 37.9 Å². The molecule has 0 saturated heterocycles. The highest BCUT2D eigenvalue weighted by atomic mass is 16.6. The molecule has 8 aromatic rings. The van der Waals surface area contributed by atoms with Crippen LogP contribution in [0.15, 0.2) is 144 Å². The maximum Gasteiger partial charge on any atom is 0.126 e. The third kappa shape index (κ3) is 12.3. The Labute approximate surface area is 501 Å². The fourth-order valence-electron chi connectivity index (χ4n) is 12.9. The van der Waals surface area contributed by atoms with Crippen molar-refractivity contribution in [2.45, 2.75) is 51.4 Å². The van der Waals surface area contributed by atoms with Crippen molar-refractivity contribution in [3.05, 3.63) is 222 Å². The Hall–Kier alpha value is -8.40. The number of azo groups is 1. The normalized spacial score (nSPS) is 17.2. The molecule has 0 unspecified atom stereocenters. The summed E-state index contributed by atoms with van der Waals surface area (Å²) in [6, 6.07) is 47.1. The summed E-state index contributed by atoms with van der Waals surface area (Å²) in [5, 5.41) is 10.4. The molecule has 0 fully saturated rings. The van der Waals surface area contributed by atoms with Gasteiger partial charge in [0.25, 0.3) is 0 Å². The van der Waals surface area contributed by atoms with Gasteiger partial charge in [0.1, 0.15) is 98.9 Å². The highest BCUT2D eigenvalue weighted by Crippen LogP contribution is 2.44. The lowest BCUT2D eigenvalue weighted by Gasteiger charge is -2.24. The Morgan fingerprint density at radius 1 is 0.186 bits per heavy atom. The minimum absolute atomic E-state index is 0.347. The molecule has 8 aromatic carbocycles. The average molecular weight is 1160 g/mol. The fraction of sp³-hybridized carbons (Fsp3) is 0.333. The fourth-order valence-corrected chi connectivity index (χ4v) is 12.9. The van der Waals surface area contributed by atoms with Crippen LogP contribution >= 0.6 is 0 Å². The second-order valence-electron chi connectivity index (χ2n) is 22.5. The van der Waals surface area contributed by atoms with Crippen molar-refractivity contribution in [1.82, 2.24) is 0 Å². The number of ether oxygens (including phenoxy) is 12. The van der Waals surface area contributed by atoms with Crippen LogP contribution in [-0.2, 0) is 70.3 Å². The zero-order valence-corrected chi connectivity index (χ0v) is 48.5. The molecule has 4 heterocycles. The summed E-state index contributed by atoms with van der Waals surface area (Å²) in [6.45, 7) is 6.40. The molecule has 14 heteroatoms. The molecule has 0 atom stereocenters. The van der Waals surface area contributed by atoms with Crippen molar-refractivity contribution in [1.29, 1.82) is 0 Å². The van der Waals surface area contributed by atoms with E-state index in [2.05, 4.69) is 133 Å². The van der Waals surface area contributed by atoms with Crippen LogP contribution in [-0.4, -0.2) is 106 Å². The van der Waals surface area contributed by atoms with Crippen molar-refractivity contribution in [3.8, 4) is 46.0 Å². The first-order valence-electron chi connectivity index (χ1n) is 30.3. The van der Waals surface area contributed by atoms with Gasteiger partial charge in [-0.1, -0.05) is 109 Å². The molecule has 14 rings (SSSR count). The van der Waals surface area contributed by atoms with E-state index in [-0.39, 0.29) is 0 Å². The van der Waals surface area contributed by atoms with Crippen LogP contribution in [0.2, 0.25) is 0 Å². The molecule has 0 radical (unpaired) electrons. The third-order valence-corrected chi connectivity index (χ3v) is 16.6. The van der Waals surface area contributed by atoms with Crippen molar-refractivity contribution < 1.29 is 56.8 Å². The number of hydrogen-bond acceptors (Lipinski definition) is 14. The van der Waals surface area contributed by atoms with Gasteiger partial charge in [-0.15, -0.1) is 0 Å². The van der Waals surface area contributed by atoms with E-state index < -0.39 is 0 Å². The molecule has 86 heavy (non-hydrogen) atoms. The Bertz CT molecular complexity index is 3550. The minimum Gasteiger partial charge on any atom is -0.491 e. The van der Waals surface area contributed by atoms with Crippen molar-refractivity contribution in [3.63, 3.8) is 0 Å². The summed E-state index contributed by atoms with van der Waals surface area (Å²) in [7, 11) is 0. The van der Waals surface area contributed by atoms with E-state index >= 15 is 0 Å². The second kappa shape index (κ2) is 26.1. The standard InChI is InChI=1S/C72H70N2O12/c1-7-47-35-51-11-3-15-55-39-59-43-63(45-61-41-57-17-5-13-53(69(57)83-31-23-77-25-33-85-71(59)61)37-49(9-1)65(47)79-27-19-75-21-29-81-67(51)55)73-74-64-44-60-40-56-16-4-12-52-36-48-8-2-10-50(66(48)80-28-20-76-22-30-82-68(52)56)38-54-14-6-18-58-42-62(46-64)72(60)86-34-26-78-24-32-84-70(54)58/h1-18,43-46H,19-42H2. The van der Waals surface area contributed by atoms with E-state index in [0.717, 1.165) is 135 Å². The monoisotopic (exact) mass is 1150 g/mol. The van der Waals surface area contributed by atoms with Gasteiger partial charge in [0.2, 0.25) is 0 Å². The first-order chi connectivity index (χ1) is 42.6. The number of benzene rings is 8. The smallest absolute Gasteiger partial charge is 0.126 e. The maximum absolute atomic E-state index is 6.91. The van der Waals surface area contributed by atoms with Crippen molar-refractivity contribution >= 4 is 11.4 Å². The van der Waals surface area contributed by atoms with E-state index in [4.69, 9.17) is 67.1 Å². The SMILES string of the molecule is c1cc2c3c(c1)Cc1cccc4c1OCCOCCOc1c(cc(N=Nc5cc6c7c(c5)Cc5cccc(c5OCCOCCO7)Cc5cccc7c5OCCOCCOc5c(cccc5C6)C7)cc1C4)Cc1cccc(c1OCCOCCO3)C2. The van der Waals surface area contributed by atoms with Gasteiger partial charge < -0.3 is 56.8 Å². The lowest BCUT2D eigenvalue weighted by atomic mass is 9.91. The van der Waals surface area contributed by atoms with Crippen LogP contribution in [0.3, 0.4) is 0 Å². The van der Waals surface area contributed by atoms with Gasteiger partial charge in [0.05, 0.1) is 64.2 Å². The largest absolute Gasteiger partial charge is 0.491 e. The van der Waals surface area contributed by atoms with Crippen molar-refractivity contribution in [2.75, 3.05) is 106 Å². The van der Waals surface area contributed by atoms with Crippen LogP contribution in [0, 0.1) is 0 Å². The van der Waals surface area contributed by atoms with Gasteiger partial charge >= 0.3 is 0 Å². The van der Waals surface area contributed by atoms with Gasteiger partial charge in [-0.3, -0.25) is 0 Å². The van der Waals surface area contributed by atoms with E-state index in [1.807, 2.05) is 0 Å². The predicted molar refractivity (Wildman–Crippen MR) is 325 cm³/mol. The van der Waals surface area contributed by atoms with Crippen LogP contribution in [0.1, 0.15) is 89.0 Å². The zero-order chi connectivity index (χ0) is 57.4. The maximum atomic E-state index is 6.91. The lowest BCUT2D eigenvalue weighted by Crippen LogP contribution is -2.17. The Morgan fingerprint density at radius 2 is 0.337 bits per heavy atom. The molecule has 0 spiro atoms. The molecular formula is C72H70N2O12. The third-order valence-electron chi connectivity index (χ3n) is 16.6. The quantitative estimate of drug-likeness (QED) is 0.152. The Morgan fingerprint density at radius 3 is 0.512 bits per heavy atom. The van der Waals surface area contributed by atoms with Crippen LogP contribution in [0.5, 0.6) is 46.0 Å². The highest BCUT2D eigenvalue weighted by molar-refractivity contribution is 5.63. The van der Waals surface area contributed by atoms with Crippen LogP contribution in [0.25, 0.3) is 0 Å². The average Bonchev–Trinajstić information content (AvgIpc) is 2.62. The molecule has 6 aliphatic rings. The molecule has 0 N–H and O–H groups in total. The van der Waals surface area contributed by atoms with Crippen molar-refractivity contribution in [2.24, 2.45) is 10.2 Å². The molecule has 0 saturated carbocycles. The molecule has 24 bridgehead atoms. The highest BCUT2D eigenvalue weighted by Gasteiger charge is 2.27. The first-order valence-corrected chi connectivity index (χ1v) is 30.3. The van der Waals surface area contributed by atoms with Gasteiger partial charge in [-0.2, -0.15) is 10.2 Å². The molecule has 4 aliphatic heterocycles. The summed E-state index contributed by atoms with van der Waals surface area (Å²) in [4.78, 5) is 0. The summed E-state index contributed by atoms with van der Waals surface area (Å²) >= 11 is 0. The first kappa shape index (κ1) is 55.5.